The lowest BCUT2D eigenvalue weighted by Gasteiger charge is -2.36. The summed E-state index contributed by atoms with van der Waals surface area (Å²) >= 11 is 9.26. The number of likely N-dealkylation sites (tertiary alicyclic amines) is 1. The molecule has 2 N–H and O–H groups in total. The van der Waals surface area contributed by atoms with Crippen LogP contribution in [0.15, 0.2) is 22.7 Å². The van der Waals surface area contributed by atoms with Crippen molar-refractivity contribution in [3.05, 3.63) is 27.7 Å². The molecular weight excluding hydrogens is 356 g/mol. The van der Waals surface area contributed by atoms with Gasteiger partial charge in [-0.25, -0.2) is 0 Å². The minimum Gasteiger partial charge on any atom is -0.492 e. The minimum absolute atomic E-state index is 0.125. The molecule has 0 unspecified atom stereocenters. The Morgan fingerprint density at radius 2 is 2.33 bits per heavy atom. The van der Waals surface area contributed by atoms with Gasteiger partial charge in [-0.2, -0.15) is 0 Å². The molecule has 1 aliphatic rings. The summed E-state index contributed by atoms with van der Waals surface area (Å²) in [4.78, 5) is 14.1. The standard InChI is InChI=1S/C15H20BrClN2O2/c1-10-8-12(18)4-6-19(10)15(20)5-7-21-14-3-2-11(17)9-13(14)16/h2-3,9-10,12H,4-8,18H2,1H3/t10-,12+/m0/s1. The SMILES string of the molecule is C[C@H]1C[C@H](N)CCN1C(=O)CCOc1ccc(Cl)cc1Br. The maximum atomic E-state index is 12.2. The molecule has 1 fully saturated rings. The van der Waals surface area contributed by atoms with Crippen LogP contribution in [0.1, 0.15) is 26.2 Å². The van der Waals surface area contributed by atoms with Gasteiger partial charge in [0.1, 0.15) is 5.75 Å². The Balaban J connectivity index is 1.81. The third kappa shape index (κ3) is 4.59. The summed E-state index contributed by atoms with van der Waals surface area (Å²) in [5, 5.41) is 0.642. The van der Waals surface area contributed by atoms with Crippen molar-refractivity contribution in [2.75, 3.05) is 13.2 Å². The molecule has 0 aliphatic carbocycles. The van der Waals surface area contributed by atoms with E-state index in [-0.39, 0.29) is 18.0 Å². The van der Waals surface area contributed by atoms with Crippen LogP contribution in [0, 0.1) is 0 Å². The molecule has 4 nitrogen and oxygen atoms in total. The van der Waals surface area contributed by atoms with Crippen LogP contribution in [0.2, 0.25) is 5.02 Å². The van der Waals surface area contributed by atoms with E-state index in [2.05, 4.69) is 15.9 Å². The maximum Gasteiger partial charge on any atom is 0.226 e. The van der Waals surface area contributed by atoms with Crippen molar-refractivity contribution < 1.29 is 9.53 Å². The highest BCUT2D eigenvalue weighted by Gasteiger charge is 2.26. The van der Waals surface area contributed by atoms with Crippen LogP contribution in [0.25, 0.3) is 0 Å². The smallest absolute Gasteiger partial charge is 0.226 e. The quantitative estimate of drug-likeness (QED) is 0.879. The van der Waals surface area contributed by atoms with E-state index >= 15 is 0 Å². The average molecular weight is 376 g/mol. The van der Waals surface area contributed by atoms with Crippen molar-refractivity contribution in [3.8, 4) is 5.75 Å². The van der Waals surface area contributed by atoms with Gasteiger partial charge in [-0.3, -0.25) is 4.79 Å². The van der Waals surface area contributed by atoms with E-state index in [1.165, 1.54) is 0 Å². The number of piperidine rings is 1. The first-order valence-corrected chi connectivity index (χ1v) is 8.27. The number of rotatable bonds is 4. The van der Waals surface area contributed by atoms with E-state index < -0.39 is 0 Å². The summed E-state index contributed by atoms with van der Waals surface area (Å²) in [5.41, 5.74) is 5.91. The number of carbonyl (C=O) groups is 1. The monoisotopic (exact) mass is 374 g/mol. The van der Waals surface area contributed by atoms with Crippen molar-refractivity contribution >= 4 is 33.4 Å². The number of nitrogens with zero attached hydrogens (tertiary/aromatic N) is 1. The maximum absolute atomic E-state index is 12.2. The normalized spacial score (nSPS) is 22.2. The molecule has 0 radical (unpaired) electrons. The second-order valence-electron chi connectivity index (χ2n) is 5.39. The molecule has 1 amide bonds. The van der Waals surface area contributed by atoms with Crippen molar-refractivity contribution in [1.82, 2.24) is 4.90 Å². The van der Waals surface area contributed by atoms with Gasteiger partial charge < -0.3 is 15.4 Å². The summed E-state index contributed by atoms with van der Waals surface area (Å²) < 4.78 is 6.42. The third-order valence-corrected chi connectivity index (χ3v) is 4.56. The first kappa shape index (κ1) is 16.6. The molecule has 1 heterocycles. The first-order valence-electron chi connectivity index (χ1n) is 7.10. The molecular formula is C15H20BrClN2O2. The Kier molecular flexibility index (Phi) is 5.90. The van der Waals surface area contributed by atoms with Crippen molar-refractivity contribution in [2.45, 2.75) is 38.3 Å². The average Bonchev–Trinajstić information content (AvgIpc) is 2.41. The Morgan fingerprint density at radius 3 is 3.00 bits per heavy atom. The van der Waals surface area contributed by atoms with Crippen molar-refractivity contribution in [3.63, 3.8) is 0 Å². The van der Waals surface area contributed by atoms with Crippen LogP contribution in [0.3, 0.4) is 0 Å². The molecule has 1 saturated heterocycles. The summed E-state index contributed by atoms with van der Waals surface area (Å²) in [5.74, 6) is 0.820. The molecule has 0 saturated carbocycles. The lowest BCUT2D eigenvalue weighted by Crippen LogP contribution is -2.48. The fourth-order valence-corrected chi connectivity index (χ4v) is 3.36. The third-order valence-electron chi connectivity index (χ3n) is 3.70. The van der Waals surface area contributed by atoms with E-state index in [1.807, 2.05) is 11.8 Å². The Morgan fingerprint density at radius 1 is 1.57 bits per heavy atom. The fourth-order valence-electron chi connectivity index (χ4n) is 2.56. The van der Waals surface area contributed by atoms with Gasteiger partial charge in [0, 0.05) is 23.7 Å². The predicted octanol–water partition coefficient (Wildman–Crippen LogP) is 3.21. The summed E-state index contributed by atoms with van der Waals surface area (Å²) in [6.07, 6.45) is 2.11. The lowest BCUT2D eigenvalue weighted by molar-refractivity contribution is -0.135. The lowest BCUT2D eigenvalue weighted by atomic mass is 9.99. The number of hydrogen-bond acceptors (Lipinski definition) is 3. The highest BCUT2D eigenvalue weighted by Crippen LogP contribution is 2.28. The van der Waals surface area contributed by atoms with Gasteiger partial charge in [0.25, 0.3) is 0 Å². The summed E-state index contributed by atoms with van der Waals surface area (Å²) in [6.45, 7) is 3.15. The molecule has 2 atom stereocenters. The zero-order chi connectivity index (χ0) is 15.4. The van der Waals surface area contributed by atoms with Crippen LogP contribution in [0.5, 0.6) is 5.75 Å². The van der Waals surface area contributed by atoms with Gasteiger partial charge in [-0.1, -0.05) is 11.6 Å². The molecule has 116 valence electrons. The van der Waals surface area contributed by atoms with E-state index in [4.69, 9.17) is 22.1 Å². The van der Waals surface area contributed by atoms with E-state index in [0.717, 1.165) is 23.9 Å². The van der Waals surface area contributed by atoms with Crippen molar-refractivity contribution in [2.24, 2.45) is 5.73 Å². The molecule has 0 spiro atoms. The topological polar surface area (TPSA) is 55.6 Å². The zero-order valence-electron chi connectivity index (χ0n) is 12.0. The van der Waals surface area contributed by atoms with Crippen LogP contribution in [0.4, 0.5) is 0 Å². The van der Waals surface area contributed by atoms with Crippen molar-refractivity contribution in [1.29, 1.82) is 0 Å². The second kappa shape index (κ2) is 7.47. The Hall–Kier alpha value is -0.780. The number of amides is 1. The molecule has 6 heteroatoms. The number of ether oxygens (including phenoxy) is 1. The van der Waals surface area contributed by atoms with Gasteiger partial charge in [-0.15, -0.1) is 0 Å². The highest BCUT2D eigenvalue weighted by molar-refractivity contribution is 9.10. The molecule has 21 heavy (non-hydrogen) atoms. The molecule has 0 aromatic heterocycles. The minimum atomic E-state index is 0.125. The van der Waals surface area contributed by atoms with Gasteiger partial charge in [-0.05, 0) is 53.9 Å². The second-order valence-corrected chi connectivity index (χ2v) is 6.68. The Labute approximate surface area is 138 Å². The molecule has 2 rings (SSSR count). The molecule has 0 bridgehead atoms. The van der Waals surface area contributed by atoms with Gasteiger partial charge in [0.15, 0.2) is 0 Å². The van der Waals surface area contributed by atoms with Gasteiger partial charge in [0.05, 0.1) is 17.5 Å². The first-order chi connectivity index (χ1) is 9.97. The van der Waals surface area contributed by atoms with Crippen LogP contribution >= 0.6 is 27.5 Å². The molecule has 1 aromatic rings. The highest BCUT2D eigenvalue weighted by atomic mass is 79.9. The fraction of sp³-hybridized carbons (Fsp3) is 0.533. The Bertz CT molecular complexity index is 512. The van der Waals surface area contributed by atoms with Crippen LogP contribution in [-0.4, -0.2) is 36.0 Å². The van der Waals surface area contributed by atoms with Crippen LogP contribution in [-0.2, 0) is 4.79 Å². The zero-order valence-corrected chi connectivity index (χ0v) is 14.4. The summed E-state index contributed by atoms with van der Waals surface area (Å²) in [6, 6.07) is 5.75. The number of nitrogens with two attached hydrogens (primary N) is 1. The van der Waals surface area contributed by atoms with Gasteiger partial charge >= 0.3 is 0 Å². The molecule has 1 aromatic carbocycles. The van der Waals surface area contributed by atoms with E-state index in [0.29, 0.717) is 23.8 Å². The predicted molar refractivity (Wildman–Crippen MR) is 87.6 cm³/mol. The summed E-state index contributed by atoms with van der Waals surface area (Å²) in [7, 11) is 0. The van der Waals surface area contributed by atoms with E-state index in [9.17, 15) is 4.79 Å². The number of hydrogen-bond donors (Lipinski definition) is 1. The molecule has 1 aliphatic heterocycles. The van der Waals surface area contributed by atoms with E-state index in [1.54, 1.807) is 18.2 Å². The number of benzene rings is 1. The largest absolute Gasteiger partial charge is 0.492 e. The number of carbonyl (C=O) groups excluding carboxylic acids is 1. The number of halogens is 2. The van der Waals surface area contributed by atoms with Gasteiger partial charge in [0.2, 0.25) is 5.91 Å². The van der Waals surface area contributed by atoms with Crippen LogP contribution < -0.4 is 10.5 Å².